The van der Waals surface area contributed by atoms with Gasteiger partial charge in [0.05, 0.1) is 0 Å². The SMILES string of the molecule is C=CCN(C(=O)OC(C)(C)C)C1C[C@H]2CCCC[C@@H]2C1/C=[CH]/[Sn]([CH2]CCC)([CH2]CCC)[CH2]CCC. The third-order valence-corrected chi connectivity index (χ3v) is 22.7. The van der Waals surface area contributed by atoms with Crippen LogP contribution in [0.15, 0.2) is 22.8 Å². The standard InChI is InChI=1S/C19H30NO2.3C4H9.Sn/c1-6-12-20(18(21)22-19(3,4)5)17-13-14-10-8-9-11-16(14)15(17)7-2;3*1-3-4-2;/h2,6-7,14-17H,1,8-13H2,3-5H3;3*1,3-4H2,2H3;/t14-,15?,16+,17?;;;;/m1..../s1. The summed E-state index contributed by atoms with van der Waals surface area (Å²) in [7, 11) is 0. The molecular formula is C31H57NO2Sn. The van der Waals surface area contributed by atoms with Gasteiger partial charge in [-0.05, 0) is 0 Å². The van der Waals surface area contributed by atoms with Crippen molar-refractivity contribution in [3.63, 3.8) is 0 Å². The Morgan fingerprint density at radius 3 is 2.09 bits per heavy atom. The summed E-state index contributed by atoms with van der Waals surface area (Å²) in [5.41, 5.74) is -0.473. The van der Waals surface area contributed by atoms with Crippen LogP contribution in [0.3, 0.4) is 0 Å². The van der Waals surface area contributed by atoms with Crippen LogP contribution in [0.2, 0.25) is 13.3 Å². The van der Waals surface area contributed by atoms with E-state index >= 15 is 0 Å². The first kappa shape index (κ1) is 30.8. The summed E-state index contributed by atoms with van der Waals surface area (Å²) in [4.78, 5) is 15.4. The van der Waals surface area contributed by atoms with E-state index in [1.165, 1.54) is 77.5 Å². The van der Waals surface area contributed by atoms with Crippen molar-refractivity contribution >= 4 is 24.5 Å². The summed E-state index contributed by atoms with van der Waals surface area (Å²) in [5.74, 6) is 1.96. The van der Waals surface area contributed by atoms with Crippen molar-refractivity contribution in [2.45, 2.75) is 137 Å². The van der Waals surface area contributed by atoms with E-state index in [0.717, 1.165) is 18.3 Å². The predicted molar refractivity (Wildman–Crippen MR) is 155 cm³/mol. The van der Waals surface area contributed by atoms with E-state index in [0.29, 0.717) is 12.5 Å². The van der Waals surface area contributed by atoms with Crippen LogP contribution >= 0.6 is 0 Å². The van der Waals surface area contributed by atoms with Crippen LogP contribution in [0.1, 0.15) is 112 Å². The maximum atomic E-state index is 13.4. The first-order valence-electron chi connectivity index (χ1n) is 15.0. The number of fused-ring (bicyclic) bond motifs is 1. The van der Waals surface area contributed by atoms with Gasteiger partial charge in [0.1, 0.15) is 0 Å². The van der Waals surface area contributed by atoms with Crippen molar-refractivity contribution in [3.8, 4) is 0 Å². The van der Waals surface area contributed by atoms with Crippen LogP contribution in [0, 0.1) is 17.8 Å². The van der Waals surface area contributed by atoms with E-state index in [4.69, 9.17) is 4.74 Å². The fraction of sp³-hybridized carbons (Fsp3) is 0.839. The van der Waals surface area contributed by atoms with Crippen molar-refractivity contribution < 1.29 is 9.53 Å². The van der Waals surface area contributed by atoms with Crippen LogP contribution in [0.5, 0.6) is 0 Å². The Morgan fingerprint density at radius 2 is 1.57 bits per heavy atom. The first-order valence-corrected chi connectivity index (χ1v) is 22.7. The van der Waals surface area contributed by atoms with Crippen molar-refractivity contribution in [1.29, 1.82) is 0 Å². The average molecular weight is 595 g/mol. The number of carbonyl (C=O) groups excluding carboxylic acids is 1. The molecule has 1 amide bonds. The fourth-order valence-corrected chi connectivity index (χ4v) is 21.1. The molecular weight excluding hydrogens is 537 g/mol. The van der Waals surface area contributed by atoms with E-state index < -0.39 is 24.0 Å². The van der Waals surface area contributed by atoms with Crippen LogP contribution in [-0.4, -0.2) is 47.6 Å². The fourth-order valence-electron chi connectivity index (χ4n) is 6.73. The Labute approximate surface area is 222 Å². The van der Waals surface area contributed by atoms with Gasteiger partial charge < -0.3 is 0 Å². The number of unbranched alkanes of at least 4 members (excludes halogenated alkanes) is 3. The molecule has 0 aromatic heterocycles. The van der Waals surface area contributed by atoms with Gasteiger partial charge in [0.2, 0.25) is 0 Å². The summed E-state index contributed by atoms with van der Waals surface area (Å²) in [6.07, 6.45) is 19.0. The number of ether oxygens (including phenoxy) is 1. The number of hydrogen-bond acceptors (Lipinski definition) is 2. The third-order valence-electron chi connectivity index (χ3n) is 8.56. The summed E-state index contributed by atoms with van der Waals surface area (Å²) in [5, 5.41) is 0. The summed E-state index contributed by atoms with van der Waals surface area (Å²) >= 11 is -2.38. The van der Waals surface area contributed by atoms with Crippen molar-refractivity contribution in [1.82, 2.24) is 4.90 Å². The van der Waals surface area contributed by atoms with Crippen LogP contribution in [-0.2, 0) is 4.74 Å². The van der Waals surface area contributed by atoms with Gasteiger partial charge in [-0.25, -0.2) is 0 Å². The molecule has 4 heteroatoms. The van der Waals surface area contributed by atoms with Crippen molar-refractivity contribution in [2.75, 3.05) is 6.54 Å². The maximum absolute atomic E-state index is 13.4. The summed E-state index contributed by atoms with van der Waals surface area (Å²) in [6, 6.07) is 0.250. The Balaban J connectivity index is 2.40. The molecule has 4 atom stereocenters. The molecule has 2 saturated carbocycles. The zero-order valence-corrected chi connectivity index (χ0v) is 27.0. The molecule has 0 radical (unpaired) electrons. The number of nitrogens with zero attached hydrogens (tertiary/aromatic N) is 1. The molecule has 0 aliphatic heterocycles. The van der Waals surface area contributed by atoms with Gasteiger partial charge in [0.25, 0.3) is 0 Å². The van der Waals surface area contributed by atoms with Crippen LogP contribution in [0.25, 0.3) is 0 Å². The molecule has 2 unspecified atom stereocenters. The minimum absolute atomic E-state index is 0.155. The van der Waals surface area contributed by atoms with Gasteiger partial charge in [-0.2, -0.15) is 0 Å². The molecule has 0 saturated heterocycles. The number of hydrogen-bond donors (Lipinski definition) is 0. The second-order valence-corrected chi connectivity index (χ2v) is 25.6. The van der Waals surface area contributed by atoms with Gasteiger partial charge in [-0.15, -0.1) is 0 Å². The molecule has 202 valence electrons. The second-order valence-electron chi connectivity index (χ2n) is 12.5. The molecule has 0 aromatic rings. The predicted octanol–water partition coefficient (Wildman–Crippen LogP) is 9.55. The van der Waals surface area contributed by atoms with Gasteiger partial charge >= 0.3 is 223 Å². The monoisotopic (exact) mass is 595 g/mol. The summed E-state index contributed by atoms with van der Waals surface area (Å²) in [6.45, 7) is 17.6. The molecule has 0 spiro atoms. The normalized spacial score (nSPS) is 25.0. The average Bonchev–Trinajstić information content (AvgIpc) is 3.18. The van der Waals surface area contributed by atoms with E-state index in [2.05, 4.69) is 37.5 Å². The second kappa shape index (κ2) is 15.1. The Kier molecular flexibility index (Phi) is 13.3. The van der Waals surface area contributed by atoms with Crippen LogP contribution in [0.4, 0.5) is 4.79 Å². The molecule has 35 heavy (non-hydrogen) atoms. The quantitative estimate of drug-likeness (QED) is 0.148. The zero-order valence-electron chi connectivity index (χ0n) is 24.1. The molecule has 2 aliphatic rings. The van der Waals surface area contributed by atoms with Crippen molar-refractivity contribution in [3.05, 3.63) is 22.8 Å². The summed E-state index contributed by atoms with van der Waals surface area (Å²) < 4.78 is 13.3. The first-order chi connectivity index (χ1) is 16.7. The van der Waals surface area contributed by atoms with Gasteiger partial charge in [0.15, 0.2) is 0 Å². The van der Waals surface area contributed by atoms with Crippen LogP contribution < -0.4 is 0 Å². The minimum atomic E-state index is -2.38. The van der Waals surface area contributed by atoms with Gasteiger partial charge in [-0.3, -0.25) is 0 Å². The number of carbonyl (C=O) groups is 1. The molecule has 0 aromatic carbocycles. The topological polar surface area (TPSA) is 29.5 Å². The molecule has 2 rings (SSSR count). The van der Waals surface area contributed by atoms with E-state index in [-0.39, 0.29) is 12.1 Å². The number of amides is 1. The molecule has 2 fully saturated rings. The van der Waals surface area contributed by atoms with Gasteiger partial charge in [-0.1, -0.05) is 0 Å². The molecule has 0 N–H and O–H groups in total. The third kappa shape index (κ3) is 9.42. The Hall–Kier alpha value is -0.451. The zero-order chi connectivity index (χ0) is 25.9. The molecule has 0 heterocycles. The van der Waals surface area contributed by atoms with E-state index in [1.54, 1.807) is 0 Å². The molecule has 3 nitrogen and oxygen atoms in total. The van der Waals surface area contributed by atoms with E-state index in [9.17, 15) is 4.79 Å². The molecule has 0 bridgehead atoms. The van der Waals surface area contributed by atoms with Gasteiger partial charge in [0, 0.05) is 0 Å². The Morgan fingerprint density at radius 1 is 1.00 bits per heavy atom. The number of rotatable bonds is 14. The molecule has 2 aliphatic carbocycles. The van der Waals surface area contributed by atoms with Crippen molar-refractivity contribution in [2.24, 2.45) is 17.8 Å². The van der Waals surface area contributed by atoms with E-state index in [1.807, 2.05) is 31.7 Å². The Bertz CT molecular complexity index is 646.